The molecule has 0 unspecified atom stereocenters. The Hall–Kier alpha value is -0.390. The summed E-state index contributed by atoms with van der Waals surface area (Å²) >= 11 is 0. The summed E-state index contributed by atoms with van der Waals surface area (Å²) in [5, 5.41) is 4.96. The Balaban J connectivity index is 2.66. The molecule has 2 N–H and O–H groups in total. The van der Waals surface area contributed by atoms with E-state index in [1.54, 1.807) is 6.08 Å². The van der Waals surface area contributed by atoms with Gasteiger partial charge >= 0.3 is 0 Å². The smallest absolute Gasteiger partial charge is 0.216 e. The molecule has 4 nitrogen and oxygen atoms in total. The van der Waals surface area contributed by atoms with Gasteiger partial charge in [0.05, 0.1) is 0 Å². The van der Waals surface area contributed by atoms with Gasteiger partial charge in [0.25, 0.3) is 10.2 Å². The van der Waals surface area contributed by atoms with Crippen molar-refractivity contribution in [2.24, 2.45) is 5.14 Å². The van der Waals surface area contributed by atoms with Gasteiger partial charge in [0.15, 0.2) is 0 Å². The highest BCUT2D eigenvalue weighted by Crippen LogP contribution is 2.27. The second-order valence-corrected chi connectivity index (χ2v) is 4.13. The minimum Gasteiger partial charge on any atom is -0.216 e. The predicted octanol–water partition coefficient (Wildman–Crippen LogP) is -0.160. The highest BCUT2D eigenvalue weighted by atomic mass is 32.2. The van der Waals surface area contributed by atoms with Crippen LogP contribution in [0.15, 0.2) is 12.7 Å². The van der Waals surface area contributed by atoms with Gasteiger partial charge in [-0.25, -0.2) is 5.14 Å². The molecule has 0 heterocycles. The third-order valence-corrected chi connectivity index (χ3v) is 2.69. The van der Waals surface area contributed by atoms with Gasteiger partial charge in [-0.1, -0.05) is 6.08 Å². The van der Waals surface area contributed by atoms with E-state index in [0.717, 1.165) is 12.8 Å². The third kappa shape index (κ3) is 2.28. The first-order valence-electron chi connectivity index (χ1n) is 3.46. The third-order valence-electron chi connectivity index (χ3n) is 1.59. The van der Waals surface area contributed by atoms with E-state index < -0.39 is 10.2 Å². The summed E-state index contributed by atoms with van der Waals surface area (Å²) in [4.78, 5) is 0. The van der Waals surface area contributed by atoms with Crippen LogP contribution in [-0.4, -0.2) is 25.3 Å². The van der Waals surface area contributed by atoms with Crippen LogP contribution in [0.1, 0.15) is 12.8 Å². The lowest BCUT2D eigenvalue weighted by atomic mass is 10.6. The fourth-order valence-corrected chi connectivity index (χ4v) is 1.89. The first-order valence-corrected chi connectivity index (χ1v) is 4.96. The summed E-state index contributed by atoms with van der Waals surface area (Å²) in [5.41, 5.74) is 0. The zero-order chi connectivity index (χ0) is 8.48. The molecule has 5 heteroatoms. The molecule has 0 saturated heterocycles. The molecule has 0 atom stereocenters. The van der Waals surface area contributed by atoms with Crippen molar-refractivity contribution in [2.45, 2.75) is 18.9 Å². The van der Waals surface area contributed by atoms with Crippen LogP contribution in [0.4, 0.5) is 0 Å². The van der Waals surface area contributed by atoms with Crippen molar-refractivity contribution < 1.29 is 8.42 Å². The second kappa shape index (κ2) is 2.92. The molecule has 11 heavy (non-hydrogen) atoms. The molecule has 1 fully saturated rings. The van der Waals surface area contributed by atoms with E-state index in [1.165, 1.54) is 4.31 Å². The van der Waals surface area contributed by atoms with Crippen molar-refractivity contribution in [1.82, 2.24) is 4.31 Å². The lowest BCUT2D eigenvalue weighted by Gasteiger charge is -2.15. The van der Waals surface area contributed by atoms with Crippen molar-refractivity contribution in [3.05, 3.63) is 12.7 Å². The molecule has 0 amide bonds. The van der Waals surface area contributed by atoms with E-state index in [-0.39, 0.29) is 6.04 Å². The number of nitrogens with zero attached hydrogens (tertiary/aromatic N) is 1. The highest BCUT2D eigenvalue weighted by molar-refractivity contribution is 7.86. The van der Waals surface area contributed by atoms with Crippen LogP contribution in [0.25, 0.3) is 0 Å². The minimum absolute atomic E-state index is 0.128. The summed E-state index contributed by atoms with van der Waals surface area (Å²) in [6.07, 6.45) is 3.39. The van der Waals surface area contributed by atoms with Crippen molar-refractivity contribution in [3.8, 4) is 0 Å². The average molecular weight is 176 g/mol. The van der Waals surface area contributed by atoms with E-state index in [1.807, 2.05) is 0 Å². The number of hydrogen-bond acceptors (Lipinski definition) is 2. The van der Waals surface area contributed by atoms with Crippen LogP contribution >= 0.6 is 0 Å². The Morgan fingerprint density at radius 1 is 1.64 bits per heavy atom. The van der Waals surface area contributed by atoms with Gasteiger partial charge in [-0.15, -0.1) is 6.58 Å². The normalized spacial score (nSPS) is 18.7. The van der Waals surface area contributed by atoms with Gasteiger partial charge in [0, 0.05) is 12.6 Å². The largest absolute Gasteiger partial charge is 0.277 e. The summed E-state index contributed by atoms with van der Waals surface area (Å²) in [6, 6.07) is 0.128. The van der Waals surface area contributed by atoms with E-state index in [2.05, 4.69) is 6.58 Å². The van der Waals surface area contributed by atoms with Crippen LogP contribution in [0.2, 0.25) is 0 Å². The van der Waals surface area contributed by atoms with Gasteiger partial charge in [-0.3, -0.25) is 0 Å². The molecule has 0 aliphatic heterocycles. The molecule has 0 radical (unpaired) electrons. The number of rotatable bonds is 4. The topological polar surface area (TPSA) is 63.4 Å². The number of nitrogens with two attached hydrogens (primary N) is 1. The lowest BCUT2D eigenvalue weighted by Crippen LogP contribution is -2.38. The summed E-state index contributed by atoms with van der Waals surface area (Å²) in [7, 11) is -3.50. The molecule has 0 bridgehead atoms. The summed E-state index contributed by atoms with van der Waals surface area (Å²) in [6.45, 7) is 3.79. The van der Waals surface area contributed by atoms with Gasteiger partial charge in [-0.05, 0) is 12.8 Å². The Morgan fingerprint density at radius 3 is 2.45 bits per heavy atom. The van der Waals surface area contributed by atoms with E-state index in [4.69, 9.17) is 5.14 Å². The van der Waals surface area contributed by atoms with Gasteiger partial charge in [0.1, 0.15) is 0 Å². The predicted molar refractivity (Wildman–Crippen MR) is 43.0 cm³/mol. The van der Waals surface area contributed by atoms with E-state index in [0.29, 0.717) is 6.54 Å². The highest BCUT2D eigenvalue weighted by Gasteiger charge is 2.34. The SMILES string of the molecule is C=CCN(C1CC1)S(N)(=O)=O. The van der Waals surface area contributed by atoms with Gasteiger partial charge < -0.3 is 0 Å². The fourth-order valence-electron chi connectivity index (χ4n) is 0.951. The molecular weight excluding hydrogens is 164 g/mol. The van der Waals surface area contributed by atoms with Gasteiger partial charge in [0.2, 0.25) is 0 Å². The zero-order valence-electron chi connectivity index (χ0n) is 6.23. The average Bonchev–Trinajstić information content (AvgIpc) is 2.61. The summed E-state index contributed by atoms with van der Waals surface area (Å²) in [5.74, 6) is 0. The van der Waals surface area contributed by atoms with Crippen LogP contribution in [0, 0.1) is 0 Å². The van der Waals surface area contributed by atoms with E-state index in [9.17, 15) is 8.42 Å². The quantitative estimate of drug-likeness (QED) is 0.605. The van der Waals surface area contributed by atoms with E-state index >= 15 is 0 Å². The molecule has 1 aliphatic rings. The van der Waals surface area contributed by atoms with Gasteiger partial charge in [-0.2, -0.15) is 12.7 Å². The Morgan fingerprint density at radius 2 is 2.18 bits per heavy atom. The van der Waals surface area contributed by atoms with Crippen LogP contribution in [-0.2, 0) is 10.2 Å². The fraction of sp³-hybridized carbons (Fsp3) is 0.667. The molecule has 1 aliphatic carbocycles. The van der Waals surface area contributed by atoms with Crippen molar-refractivity contribution in [3.63, 3.8) is 0 Å². The van der Waals surface area contributed by atoms with Crippen LogP contribution in [0.3, 0.4) is 0 Å². The van der Waals surface area contributed by atoms with Crippen molar-refractivity contribution in [2.75, 3.05) is 6.54 Å². The standard InChI is InChI=1S/C6H12N2O2S/c1-2-5-8(6-3-4-6)11(7,9)10/h2,6H,1,3-5H2,(H2,7,9,10). The van der Waals surface area contributed by atoms with Crippen LogP contribution in [0.5, 0.6) is 0 Å². The lowest BCUT2D eigenvalue weighted by molar-refractivity contribution is 0.437. The van der Waals surface area contributed by atoms with Crippen LogP contribution < -0.4 is 5.14 Å². The van der Waals surface area contributed by atoms with Crippen molar-refractivity contribution in [1.29, 1.82) is 0 Å². The minimum atomic E-state index is -3.50. The Bertz CT molecular complexity index is 243. The molecule has 0 spiro atoms. The molecule has 1 saturated carbocycles. The Kier molecular flexibility index (Phi) is 2.31. The maximum Gasteiger partial charge on any atom is 0.277 e. The van der Waals surface area contributed by atoms with Crippen molar-refractivity contribution >= 4 is 10.2 Å². The first-order chi connectivity index (χ1) is 5.05. The second-order valence-electron chi connectivity index (χ2n) is 2.63. The Labute approximate surface area is 66.9 Å². The zero-order valence-corrected chi connectivity index (χ0v) is 7.05. The molecule has 64 valence electrons. The summed E-state index contributed by atoms with van der Waals surface area (Å²) < 4.78 is 23.0. The maximum atomic E-state index is 10.9. The molecular formula is C6H12N2O2S. The molecule has 0 aromatic rings. The first kappa shape index (κ1) is 8.70. The molecule has 1 rings (SSSR count). The number of hydrogen-bond donors (Lipinski definition) is 1. The maximum absolute atomic E-state index is 10.9. The molecule has 0 aromatic heterocycles. The molecule has 0 aromatic carbocycles. The monoisotopic (exact) mass is 176 g/mol.